The number of nitrogens with one attached hydrogen (secondary N) is 2. The highest BCUT2D eigenvalue weighted by atomic mass is 35.5. The van der Waals surface area contributed by atoms with Crippen LogP contribution in [0.1, 0.15) is 51.3 Å². The van der Waals surface area contributed by atoms with E-state index in [4.69, 9.17) is 16.3 Å². The van der Waals surface area contributed by atoms with Gasteiger partial charge in [0.15, 0.2) is 5.78 Å². The van der Waals surface area contributed by atoms with Crippen molar-refractivity contribution in [3.63, 3.8) is 0 Å². The molecule has 1 aliphatic rings. The monoisotopic (exact) mass is 545 g/mol. The maximum Gasteiger partial charge on any atom is 0.338 e. The third-order valence-electron chi connectivity index (χ3n) is 5.77. The molecule has 0 saturated carbocycles. The van der Waals surface area contributed by atoms with E-state index in [0.29, 0.717) is 28.9 Å². The first-order valence-corrected chi connectivity index (χ1v) is 12.4. The molecule has 3 amide bonds. The van der Waals surface area contributed by atoms with Crippen LogP contribution < -0.4 is 15.5 Å². The van der Waals surface area contributed by atoms with Gasteiger partial charge in [0, 0.05) is 22.5 Å². The van der Waals surface area contributed by atoms with Gasteiger partial charge in [0.25, 0.3) is 17.7 Å². The van der Waals surface area contributed by atoms with Crippen molar-refractivity contribution in [1.29, 1.82) is 0 Å². The van der Waals surface area contributed by atoms with Crippen LogP contribution >= 0.6 is 11.6 Å². The molecule has 39 heavy (non-hydrogen) atoms. The molecule has 0 aromatic heterocycles. The average Bonchev–Trinajstić information content (AvgIpc) is 3.15. The molecule has 10 heteroatoms. The van der Waals surface area contributed by atoms with Crippen molar-refractivity contribution in [3.8, 4) is 0 Å². The Morgan fingerprint density at radius 3 is 2.13 bits per heavy atom. The Hall–Kier alpha value is -4.76. The van der Waals surface area contributed by atoms with Crippen LogP contribution in [0.2, 0.25) is 0 Å². The summed E-state index contributed by atoms with van der Waals surface area (Å²) in [7, 11) is 0. The molecule has 4 rings (SSSR count). The van der Waals surface area contributed by atoms with Crippen molar-refractivity contribution in [2.45, 2.75) is 20.3 Å². The third-order valence-corrected chi connectivity index (χ3v) is 6.12. The first kappa shape index (κ1) is 27.3. The molecule has 0 fully saturated rings. The fourth-order valence-corrected chi connectivity index (χ4v) is 3.95. The summed E-state index contributed by atoms with van der Waals surface area (Å²) in [6.07, 6.45) is 0.657. The van der Waals surface area contributed by atoms with Crippen molar-refractivity contribution >= 4 is 58.1 Å². The molecule has 0 spiro atoms. The molecule has 3 aromatic carbocycles. The minimum atomic E-state index is -0.741. The topological polar surface area (TPSA) is 122 Å². The molecular weight excluding hydrogens is 522 g/mol. The fraction of sp³-hybridized carbons (Fsp3) is 0.138. The zero-order chi connectivity index (χ0) is 28.1. The maximum atomic E-state index is 13.1. The van der Waals surface area contributed by atoms with Crippen LogP contribution in [0.25, 0.3) is 0 Å². The number of amides is 3. The zero-order valence-electron chi connectivity index (χ0n) is 21.1. The van der Waals surface area contributed by atoms with Gasteiger partial charge in [-0.1, -0.05) is 24.6 Å². The van der Waals surface area contributed by atoms with Crippen molar-refractivity contribution in [3.05, 3.63) is 100 Å². The Kier molecular flexibility index (Phi) is 8.21. The second kappa shape index (κ2) is 11.7. The Balaban J connectivity index is 1.45. The smallest absolute Gasteiger partial charge is 0.338 e. The van der Waals surface area contributed by atoms with Gasteiger partial charge in [-0.3, -0.25) is 19.2 Å². The van der Waals surface area contributed by atoms with E-state index in [0.717, 1.165) is 4.90 Å². The molecule has 1 heterocycles. The summed E-state index contributed by atoms with van der Waals surface area (Å²) in [5, 5.41) is 5.28. The first-order chi connectivity index (χ1) is 18.7. The first-order valence-electron chi connectivity index (χ1n) is 12.0. The molecule has 2 N–H and O–H groups in total. The number of ketones is 1. The SMILES string of the molecule is CCCOC(=O)c1cccc(N2C(=O)C(Cl)=C(Nc3ccc(C(=O)Nc4ccc(C(C)=O)cc4)cc3)C2=O)c1. The highest BCUT2D eigenvalue weighted by Crippen LogP contribution is 2.31. The van der Waals surface area contributed by atoms with Gasteiger partial charge in [-0.15, -0.1) is 0 Å². The van der Waals surface area contributed by atoms with E-state index in [9.17, 15) is 24.0 Å². The molecule has 3 aromatic rings. The number of carbonyl (C=O) groups excluding carboxylic acids is 5. The van der Waals surface area contributed by atoms with Crippen LogP contribution in [0, 0.1) is 0 Å². The molecular formula is C29H24ClN3O6. The van der Waals surface area contributed by atoms with Gasteiger partial charge in [-0.2, -0.15) is 0 Å². The molecule has 0 radical (unpaired) electrons. The number of halogens is 1. The number of ether oxygens (including phenoxy) is 1. The standard InChI is InChI=1S/C29H24ClN3O6/c1-3-15-39-29(38)20-5-4-6-23(16-20)33-27(36)24(30)25(28(33)37)31-21-13-9-19(10-14-21)26(35)32-22-11-7-18(8-12-22)17(2)34/h4-14,16,31H,3,15H2,1-2H3,(H,32,35). The summed E-state index contributed by atoms with van der Waals surface area (Å²) in [6, 6.07) is 18.7. The largest absolute Gasteiger partial charge is 0.462 e. The number of carbonyl (C=O) groups is 5. The van der Waals surface area contributed by atoms with E-state index < -0.39 is 17.8 Å². The predicted octanol–water partition coefficient (Wildman–Crippen LogP) is 5.14. The Morgan fingerprint density at radius 2 is 1.49 bits per heavy atom. The number of hydrogen-bond donors (Lipinski definition) is 2. The Bertz CT molecular complexity index is 1500. The van der Waals surface area contributed by atoms with E-state index >= 15 is 0 Å². The molecule has 0 unspecified atom stereocenters. The number of imide groups is 1. The lowest BCUT2D eigenvalue weighted by Gasteiger charge is -2.16. The number of anilines is 3. The molecule has 1 aliphatic heterocycles. The number of nitrogens with zero attached hydrogens (tertiary/aromatic N) is 1. The summed E-state index contributed by atoms with van der Waals surface area (Å²) in [5.74, 6) is -2.44. The van der Waals surface area contributed by atoms with Crippen molar-refractivity contribution in [2.24, 2.45) is 0 Å². The lowest BCUT2D eigenvalue weighted by Crippen LogP contribution is -2.32. The molecule has 9 nitrogen and oxygen atoms in total. The minimum Gasteiger partial charge on any atom is -0.462 e. The van der Waals surface area contributed by atoms with Crippen LogP contribution in [0.5, 0.6) is 0 Å². The Labute approximate surface area is 229 Å². The second-order valence-corrected chi connectivity index (χ2v) is 8.99. The van der Waals surface area contributed by atoms with Crippen LogP contribution in [-0.2, 0) is 14.3 Å². The van der Waals surface area contributed by atoms with E-state index in [2.05, 4.69) is 10.6 Å². The van der Waals surface area contributed by atoms with Crippen LogP contribution in [0.4, 0.5) is 17.1 Å². The maximum absolute atomic E-state index is 13.1. The summed E-state index contributed by atoms with van der Waals surface area (Å²) in [6.45, 7) is 3.58. The second-order valence-electron chi connectivity index (χ2n) is 8.61. The van der Waals surface area contributed by atoms with Gasteiger partial charge in [0.2, 0.25) is 0 Å². The molecule has 0 saturated heterocycles. The van der Waals surface area contributed by atoms with E-state index in [1.807, 2.05) is 6.92 Å². The number of hydrogen-bond acceptors (Lipinski definition) is 7. The van der Waals surface area contributed by atoms with Crippen molar-refractivity contribution in [1.82, 2.24) is 0 Å². The Morgan fingerprint density at radius 1 is 0.846 bits per heavy atom. The van der Waals surface area contributed by atoms with E-state index in [-0.39, 0.29) is 40.3 Å². The lowest BCUT2D eigenvalue weighted by atomic mass is 10.1. The highest BCUT2D eigenvalue weighted by Gasteiger charge is 2.39. The van der Waals surface area contributed by atoms with Gasteiger partial charge in [0.1, 0.15) is 10.7 Å². The van der Waals surface area contributed by atoms with Gasteiger partial charge >= 0.3 is 5.97 Å². The normalized spacial score (nSPS) is 12.9. The zero-order valence-corrected chi connectivity index (χ0v) is 21.9. The summed E-state index contributed by atoms with van der Waals surface area (Å²) in [4.78, 5) is 63.1. The van der Waals surface area contributed by atoms with Crippen molar-refractivity contribution < 1.29 is 28.7 Å². The highest BCUT2D eigenvalue weighted by molar-refractivity contribution is 6.53. The lowest BCUT2D eigenvalue weighted by molar-refractivity contribution is -0.120. The molecule has 198 valence electrons. The van der Waals surface area contributed by atoms with Crippen LogP contribution in [0.15, 0.2) is 83.5 Å². The summed E-state index contributed by atoms with van der Waals surface area (Å²) in [5.41, 5.74) is 2.07. The summed E-state index contributed by atoms with van der Waals surface area (Å²) >= 11 is 6.22. The van der Waals surface area contributed by atoms with Gasteiger partial charge in [-0.25, -0.2) is 9.69 Å². The van der Waals surface area contributed by atoms with Gasteiger partial charge < -0.3 is 15.4 Å². The fourth-order valence-electron chi connectivity index (χ4n) is 3.74. The molecule has 0 bridgehead atoms. The molecule has 0 aliphatic carbocycles. The minimum absolute atomic E-state index is 0.0719. The predicted molar refractivity (Wildman–Crippen MR) is 147 cm³/mol. The van der Waals surface area contributed by atoms with Gasteiger partial charge in [-0.05, 0) is 80.1 Å². The number of benzene rings is 3. The van der Waals surface area contributed by atoms with Gasteiger partial charge in [0.05, 0.1) is 17.9 Å². The number of Topliss-reactive ketones (excluding diaryl/α,β-unsaturated/α-hetero) is 1. The van der Waals surface area contributed by atoms with Crippen molar-refractivity contribution in [2.75, 3.05) is 22.1 Å². The molecule has 0 atom stereocenters. The van der Waals surface area contributed by atoms with E-state index in [1.165, 1.54) is 25.1 Å². The number of esters is 1. The summed E-state index contributed by atoms with van der Waals surface area (Å²) < 4.78 is 5.13. The number of rotatable bonds is 9. The quantitative estimate of drug-likeness (QED) is 0.217. The van der Waals surface area contributed by atoms with Crippen LogP contribution in [-0.4, -0.2) is 36.1 Å². The third kappa shape index (κ3) is 6.05. The van der Waals surface area contributed by atoms with Crippen LogP contribution in [0.3, 0.4) is 0 Å². The van der Waals surface area contributed by atoms with E-state index in [1.54, 1.807) is 54.6 Å². The average molecular weight is 546 g/mol.